The van der Waals surface area contributed by atoms with E-state index in [4.69, 9.17) is 4.74 Å². The third-order valence-corrected chi connectivity index (χ3v) is 3.02. The molecule has 0 spiro atoms. The molecule has 0 fully saturated rings. The molecule has 0 radical (unpaired) electrons. The minimum atomic E-state index is -0.494. The summed E-state index contributed by atoms with van der Waals surface area (Å²) < 4.78 is 5.13. The molecule has 0 saturated carbocycles. The van der Waals surface area contributed by atoms with E-state index in [1.54, 1.807) is 11.3 Å². The van der Waals surface area contributed by atoms with E-state index in [0.29, 0.717) is 6.54 Å². The van der Waals surface area contributed by atoms with Crippen LogP contribution in [0.5, 0.6) is 0 Å². The number of rotatable bonds is 6. The Hall–Kier alpha value is -1.36. The predicted octanol–water partition coefficient (Wildman–Crippen LogP) is 2.53. The lowest BCUT2D eigenvalue weighted by Crippen LogP contribution is -2.28. The summed E-state index contributed by atoms with van der Waals surface area (Å²) >= 11 is 1.64. The van der Waals surface area contributed by atoms with Gasteiger partial charge in [-0.2, -0.15) is 11.3 Å². The van der Waals surface area contributed by atoms with Crippen LogP contribution in [0.2, 0.25) is 0 Å². The molecule has 1 aromatic rings. The van der Waals surface area contributed by atoms with Crippen molar-refractivity contribution in [2.45, 2.75) is 45.6 Å². The summed E-state index contributed by atoms with van der Waals surface area (Å²) in [7, 11) is 0. The maximum absolute atomic E-state index is 11.5. The standard InChI is InChI=1S/C14H21NO3S/c1-14(2,3)18-13(17)5-4-12(16)15-8-6-11-7-9-19-10-11/h7,9-10H,4-6,8H2,1-3H3,(H,15,16). The highest BCUT2D eigenvalue weighted by Crippen LogP contribution is 2.09. The van der Waals surface area contributed by atoms with E-state index in [-0.39, 0.29) is 24.7 Å². The van der Waals surface area contributed by atoms with Gasteiger partial charge in [0.15, 0.2) is 0 Å². The maximum atomic E-state index is 11.5. The van der Waals surface area contributed by atoms with E-state index in [2.05, 4.69) is 10.7 Å². The smallest absolute Gasteiger partial charge is 0.306 e. The van der Waals surface area contributed by atoms with Gasteiger partial charge in [0.2, 0.25) is 5.91 Å². The van der Waals surface area contributed by atoms with Gasteiger partial charge in [0.05, 0.1) is 6.42 Å². The summed E-state index contributed by atoms with van der Waals surface area (Å²) in [6.07, 6.45) is 1.13. The molecule has 1 rings (SSSR count). The predicted molar refractivity (Wildman–Crippen MR) is 76.1 cm³/mol. The van der Waals surface area contributed by atoms with Gasteiger partial charge < -0.3 is 10.1 Å². The van der Waals surface area contributed by atoms with Crippen LogP contribution < -0.4 is 5.32 Å². The van der Waals surface area contributed by atoms with E-state index in [0.717, 1.165) is 6.42 Å². The van der Waals surface area contributed by atoms with Crippen molar-refractivity contribution in [3.05, 3.63) is 22.4 Å². The van der Waals surface area contributed by atoms with Crippen molar-refractivity contribution in [1.82, 2.24) is 5.32 Å². The number of ether oxygens (including phenoxy) is 1. The quantitative estimate of drug-likeness (QED) is 0.816. The van der Waals surface area contributed by atoms with Crippen LogP contribution >= 0.6 is 11.3 Å². The fourth-order valence-electron chi connectivity index (χ4n) is 1.48. The molecule has 0 unspecified atom stereocenters. The first-order valence-corrected chi connectivity index (χ1v) is 7.31. The Kier molecular flexibility index (Phi) is 6.02. The van der Waals surface area contributed by atoms with Gasteiger partial charge in [0, 0.05) is 13.0 Å². The van der Waals surface area contributed by atoms with Gasteiger partial charge in [-0.25, -0.2) is 0 Å². The molecule has 0 aliphatic heterocycles. The van der Waals surface area contributed by atoms with E-state index >= 15 is 0 Å². The van der Waals surface area contributed by atoms with E-state index in [1.165, 1.54) is 5.56 Å². The lowest BCUT2D eigenvalue weighted by Gasteiger charge is -2.19. The molecular formula is C14H21NO3S. The molecule has 1 amide bonds. The number of thiophene rings is 1. The molecule has 0 atom stereocenters. The molecule has 0 saturated heterocycles. The summed E-state index contributed by atoms with van der Waals surface area (Å²) in [6.45, 7) is 6.04. The number of hydrogen-bond donors (Lipinski definition) is 1. The molecule has 5 heteroatoms. The van der Waals surface area contributed by atoms with Crippen LogP contribution in [0.15, 0.2) is 16.8 Å². The Bertz CT molecular complexity index is 407. The second kappa shape index (κ2) is 7.28. The Labute approximate surface area is 118 Å². The number of nitrogens with one attached hydrogen (secondary N) is 1. The van der Waals surface area contributed by atoms with Gasteiger partial charge in [-0.3, -0.25) is 9.59 Å². The average molecular weight is 283 g/mol. The minimum Gasteiger partial charge on any atom is -0.460 e. The highest BCUT2D eigenvalue weighted by molar-refractivity contribution is 7.07. The SMILES string of the molecule is CC(C)(C)OC(=O)CCC(=O)NCCc1ccsc1. The number of esters is 1. The van der Waals surface area contributed by atoms with E-state index < -0.39 is 5.60 Å². The Morgan fingerprint density at radius 2 is 2.05 bits per heavy atom. The fraction of sp³-hybridized carbons (Fsp3) is 0.571. The normalized spacial score (nSPS) is 11.1. The minimum absolute atomic E-state index is 0.110. The molecule has 1 N–H and O–H groups in total. The number of hydrogen-bond acceptors (Lipinski definition) is 4. The van der Waals surface area contributed by atoms with Crippen molar-refractivity contribution in [3.63, 3.8) is 0 Å². The van der Waals surface area contributed by atoms with Crippen LogP contribution in [0.1, 0.15) is 39.2 Å². The molecule has 0 bridgehead atoms. The first-order chi connectivity index (χ1) is 8.87. The lowest BCUT2D eigenvalue weighted by molar-refractivity contribution is -0.155. The first-order valence-electron chi connectivity index (χ1n) is 6.36. The highest BCUT2D eigenvalue weighted by atomic mass is 32.1. The van der Waals surface area contributed by atoms with Crippen molar-refractivity contribution >= 4 is 23.2 Å². The van der Waals surface area contributed by atoms with Gasteiger partial charge in [-0.1, -0.05) is 0 Å². The molecule has 0 aromatic carbocycles. The van der Waals surface area contributed by atoms with Crippen molar-refractivity contribution in [2.75, 3.05) is 6.54 Å². The van der Waals surface area contributed by atoms with E-state index in [9.17, 15) is 9.59 Å². The topological polar surface area (TPSA) is 55.4 Å². The highest BCUT2D eigenvalue weighted by Gasteiger charge is 2.16. The monoisotopic (exact) mass is 283 g/mol. The molecular weight excluding hydrogens is 262 g/mol. The van der Waals surface area contributed by atoms with Crippen molar-refractivity contribution in [2.24, 2.45) is 0 Å². The maximum Gasteiger partial charge on any atom is 0.306 e. The summed E-state index contributed by atoms with van der Waals surface area (Å²) in [5.74, 6) is -0.443. The van der Waals surface area contributed by atoms with E-state index in [1.807, 2.05) is 32.2 Å². The van der Waals surface area contributed by atoms with Gasteiger partial charge in [0.25, 0.3) is 0 Å². The molecule has 0 aliphatic rings. The van der Waals surface area contributed by atoms with Gasteiger partial charge >= 0.3 is 5.97 Å². The summed E-state index contributed by atoms with van der Waals surface area (Å²) in [5.41, 5.74) is 0.726. The van der Waals surface area contributed by atoms with Gasteiger partial charge in [-0.05, 0) is 49.6 Å². The summed E-state index contributed by atoms with van der Waals surface area (Å²) in [4.78, 5) is 22.9. The molecule has 1 heterocycles. The number of carbonyl (C=O) groups excluding carboxylic acids is 2. The molecule has 4 nitrogen and oxygen atoms in total. The second-order valence-electron chi connectivity index (χ2n) is 5.32. The number of amides is 1. The van der Waals surface area contributed by atoms with Crippen molar-refractivity contribution < 1.29 is 14.3 Å². The molecule has 19 heavy (non-hydrogen) atoms. The lowest BCUT2D eigenvalue weighted by atomic mass is 10.2. The zero-order valence-corrected chi connectivity index (χ0v) is 12.5. The van der Waals surface area contributed by atoms with Crippen LogP contribution in [0.25, 0.3) is 0 Å². The van der Waals surface area contributed by atoms with Crippen molar-refractivity contribution in [3.8, 4) is 0 Å². The van der Waals surface area contributed by atoms with Crippen molar-refractivity contribution in [1.29, 1.82) is 0 Å². The summed E-state index contributed by atoms with van der Waals surface area (Å²) in [6, 6.07) is 2.04. The van der Waals surface area contributed by atoms with Crippen LogP contribution in [-0.4, -0.2) is 24.0 Å². The third kappa shape index (κ3) is 7.62. The zero-order chi connectivity index (χ0) is 14.3. The summed E-state index contributed by atoms with van der Waals surface area (Å²) in [5, 5.41) is 6.87. The largest absolute Gasteiger partial charge is 0.460 e. The van der Waals surface area contributed by atoms with Crippen LogP contribution in [0.4, 0.5) is 0 Å². The molecule has 106 valence electrons. The Morgan fingerprint density at radius 1 is 1.32 bits per heavy atom. The van der Waals surface area contributed by atoms with Gasteiger partial charge in [-0.15, -0.1) is 0 Å². The van der Waals surface area contributed by atoms with Crippen LogP contribution in [-0.2, 0) is 20.7 Å². The third-order valence-electron chi connectivity index (χ3n) is 2.29. The zero-order valence-electron chi connectivity index (χ0n) is 11.7. The van der Waals surface area contributed by atoms with Crippen LogP contribution in [0.3, 0.4) is 0 Å². The second-order valence-corrected chi connectivity index (χ2v) is 6.10. The van der Waals surface area contributed by atoms with Gasteiger partial charge in [0.1, 0.15) is 5.60 Å². The molecule has 0 aliphatic carbocycles. The Balaban J connectivity index is 2.12. The molecule has 1 aromatic heterocycles. The Morgan fingerprint density at radius 3 is 2.63 bits per heavy atom. The first kappa shape index (κ1) is 15.7. The van der Waals surface area contributed by atoms with Crippen LogP contribution in [0, 0.1) is 0 Å². The average Bonchev–Trinajstić information content (AvgIpc) is 2.77. The fourth-order valence-corrected chi connectivity index (χ4v) is 2.18. The number of carbonyl (C=O) groups is 2.